The first kappa shape index (κ1) is 13.6. The zero-order chi connectivity index (χ0) is 15.6. The molecule has 0 radical (unpaired) electrons. The maximum Gasteiger partial charge on any atom is 0.103 e. The van der Waals surface area contributed by atoms with Crippen LogP contribution in [0, 0.1) is 6.92 Å². The summed E-state index contributed by atoms with van der Waals surface area (Å²) in [5, 5.41) is 8.76. The molecule has 0 atom stereocenters. The fourth-order valence-corrected chi connectivity index (χ4v) is 2.79. The summed E-state index contributed by atoms with van der Waals surface area (Å²) in [4.78, 5) is 4.68. The molecule has 1 aromatic heterocycles. The van der Waals surface area contributed by atoms with E-state index in [4.69, 9.17) is 0 Å². The van der Waals surface area contributed by atoms with E-state index in [-0.39, 0.29) is 0 Å². The van der Waals surface area contributed by atoms with Gasteiger partial charge in [0.25, 0.3) is 0 Å². The fourth-order valence-electron chi connectivity index (χ4n) is 2.79. The second kappa shape index (κ2) is 5.61. The van der Waals surface area contributed by atoms with Crippen LogP contribution >= 0.6 is 0 Å². The summed E-state index contributed by atoms with van der Waals surface area (Å²) in [6, 6.07) is 22.3. The van der Waals surface area contributed by atoms with E-state index in [0.29, 0.717) is 0 Å². The first-order chi connectivity index (χ1) is 11.3. The highest BCUT2D eigenvalue weighted by Crippen LogP contribution is 2.35. The van der Waals surface area contributed by atoms with Gasteiger partial charge >= 0.3 is 0 Å². The molecule has 1 heterocycles. The quantitative estimate of drug-likeness (QED) is 0.403. The molecule has 1 aliphatic carbocycles. The average Bonchev–Trinajstić information content (AvgIpc) is 2.90. The van der Waals surface area contributed by atoms with E-state index in [1.165, 1.54) is 0 Å². The van der Waals surface area contributed by atoms with Gasteiger partial charge in [0, 0.05) is 22.4 Å². The molecule has 0 bridgehead atoms. The highest BCUT2D eigenvalue weighted by atomic mass is 15.2. The maximum absolute atomic E-state index is 4.68. The van der Waals surface area contributed by atoms with E-state index in [1.54, 1.807) is 6.21 Å². The Hall–Kier alpha value is -3.07. The monoisotopic (exact) mass is 297 g/mol. The summed E-state index contributed by atoms with van der Waals surface area (Å²) in [6.07, 6.45) is 1.77. The van der Waals surface area contributed by atoms with Gasteiger partial charge in [-0.25, -0.2) is 0 Å². The van der Waals surface area contributed by atoms with Crippen LogP contribution in [0.3, 0.4) is 0 Å². The minimum Gasteiger partial charge on any atom is -0.252 e. The van der Waals surface area contributed by atoms with Crippen molar-refractivity contribution in [1.29, 1.82) is 0 Å². The molecule has 0 amide bonds. The molecule has 0 fully saturated rings. The third-order valence-electron chi connectivity index (χ3n) is 3.89. The fraction of sp³-hybridized carbons (Fsp3) is 0.0500. The zero-order valence-corrected chi connectivity index (χ0v) is 12.8. The van der Waals surface area contributed by atoms with Crippen LogP contribution in [-0.2, 0) is 0 Å². The third kappa shape index (κ3) is 2.46. The highest BCUT2D eigenvalue weighted by Gasteiger charge is 2.25. The van der Waals surface area contributed by atoms with Crippen LogP contribution in [-0.4, -0.2) is 16.9 Å². The van der Waals surface area contributed by atoms with E-state index in [2.05, 4.69) is 33.4 Å². The van der Waals surface area contributed by atoms with Gasteiger partial charge in [-0.2, -0.15) is 5.10 Å². The molecular weight excluding hydrogens is 282 g/mol. The van der Waals surface area contributed by atoms with Crippen molar-refractivity contribution >= 4 is 11.9 Å². The first-order valence-electron chi connectivity index (χ1n) is 7.57. The van der Waals surface area contributed by atoms with Crippen LogP contribution in [0.5, 0.6) is 0 Å². The van der Waals surface area contributed by atoms with Crippen LogP contribution in [0.25, 0.3) is 11.3 Å². The number of nitrogens with zero attached hydrogens (tertiary/aromatic N) is 3. The topological polar surface area (TPSA) is 37.6 Å². The summed E-state index contributed by atoms with van der Waals surface area (Å²) >= 11 is 0. The van der Waals surface area contributed by atoms with Gasteiger partial charge in [-0.05, 0) is 24.6 Å². The van der Waals surface area contributed by atoms with Gasteiger partial charge in [0.1, 0.15) is 5.71 Å². The predicted molar refractivity (Wildman–Crippen MR) is 94.1 cm³/mol. The molecule has 4 rings (SSSR count). The van der Waals surface area contributed by atoms with Crippen molar-refractivity contribution in [3.63, 3.8) is 0 Å². The first-order valence-corrected chi connectivity index (χ1v) is 7.57. The lowest BCUT2D eigenvalue weighted by atomic mass is 10.1. The van der Waals surface area contributed by atoms with Gasteiger partial charge in [0.2, 0.25) is 0 Å². The Morgan fingerprint density at radius 1 is 0.783 bits per heavy atom. The molecule has 0 unspecified atom stereocenters. The van der Waals surface area contributed by atoms with E-state index in [9.17, 15) is 0 Å². The minimum atomic E-state index is 0.885. The smallest absolute Gasteiger partial charge is 0.103 e. The summed E-state index contributed by atoms with van der Waals surface area (Å²) in [5.74, 6) is 0. The zero-order valence-electron chi connectivity index (χ0n) is 12.8. The van der Waals surface area contributed by atoms with E-state index in [0.717, 1.165) is 39.4 Å². The van der Waals surface area contributed by atoms with Gasteiger partial charge in [-0.3, -0.25) is 4.98 Å². The van der Waals surface area contributed by atoms with Crippen molar-refractivity contribution in [2.24, 2.45) is 10.2 Å². The largest absolute Gasteiger partial charge is 0.252 e. The second-order valence-electron chi connectivity index (χ2n) is 5.50. The van der Waals surface area contributed by atoms with Crippen LogP contribution in [0.4, 0.5) is 0 Å². The number of pyridine rings is 1. The molecule has 1 aliphatic rings. The Balaban J connectivity index is 1.80. The molecule has 0 spiro atoms. The molecule has 0 aliphatic heterocycles. The number of rotatable bonds is 2. The number of aromatic nitrogens is 1. The van der Waals surface area contributed by atoms with E-state index < -0.39 is 0 Å². The lowest BCUT2D eigenvalue weighted by molar-refractivity contribution is 1.20. The lowest BCUT2D eigenvalue weighted by Crippen LogP contribution is -1.98. The molecule has 110 valence electrons. The molecule has 3 nitrogen and oxygen atoms in total. The normalized spacial score (nSPS) is 14.2. The molecular formula is C20H15N3. The van der Waals surface area contributed by atoms with E-state index >= 15 is 0 Å². The van der Waals surface area contributed by atoms with Crippen molar-refractivity contribution in [2.75, 3.05) is 0 Å². The Morgan fingerprint density at radius 3 is 2.35 bits per heavy atom. The standard InChI is InChI=1S/C20H15N3/c1-14-11-12-18-19(22-14)16-9-5-6-10-17(16)20(18)23-21-13-15-7-3-2-4-8-15/h2-13H,1H3/b21-13+,23-20-. The molecule has 0 saturated carbocycles. The number of hydrogen-bond donors (Lipinski definition) is 0. The Kier molecular flexibility index (Phi) is 3.31. The van der Waals surface area contributed by atoms with Gasteiger partial charge < -0.3 is 0 Å². The van der Waals surface area contributed by atoms with Crippen LogP contribution in [0.1, 0.15) is 22.4 Å². The van der Waals surface area contributed by atoms with Gasteiger partial charge in [-0.15, -0.1) is 5.10 Å². The molecule has 2 aromatic carbocycles. The summed E-state index contributed by atoms with van der Waals surface area (Å²) < 4.78 is 0. The highest BCUT2D eigenvalue weighted by molar-refractivity contribution is 6.23. The molecule has 0 N–H and O–H groups in total. The molecule has 0 saturated heterocycles. The molecule has 23 heavy (non-hydrogen) atoms. The second-order valence-corrected chi connectivity index (χ2v) is 5.50. The molecule has 3 aromatic rings. The van der Waals surface area contributed by atoms with Gasteiger partial charge in [0.05, 0.1) is 11.9 Å². The number of hydrogen-bond acceptors (Lipinski definition) is 3. The van der Waals surface area contributed by atoms with Crippen molar-refractivity contribution in [1.82, 2.24) is 4.98 Å². The Bertz CT molecular complexity index is 925. The maximum atomic E-state index is 4.68. The number of fused-ring (bicyclic) bond motifs is 3. The average molecular weight is 297 g/mol. The SMILES string of the molecule is Cc1ccc2c(n1)-c1ccccc1/C2=N/N=C/c1ccccc1. The summed E-state index contributed by atoms with van der Waals surface area (Å²) in [6.45, 7) is 2.01. The van der Waals surface area contributed by atoms with E-state index in [1.807, 2.05) is 55.5 Å². The lowest BCUT2D eigenvalue weighted by Gasteiger charge is -1.99. The van der Waals surface area contributed by atoms with Gasteiger partial charge in [-0.1, -0.05) is 54.6 Å². The number of aryl methyl sites for hydroxylation is 1. The minimum absolute atomic E-state index is 0.885. The van der Waals surface area contributed by atoms with Crippen molar-refractivity contribution in [2.45, 2.75) is 6.92 Å². The van der Waals surface area contributed by atoms with Crippen molar-refractivity contribution in [3.05, 3.63) is 89.1 Å². The predicted octanol–water partition coefficient (Wildman–Crippen LogP) is 4.24. The van der Waals surface area contributed by atoms with Gasteiger partial charge in [0.15, 0.2) is 0 Å². The van der Waals surface area contributed by atoms with Crippen LogP contribution < -0.4 is 0 Å². The number of benzene rings is 2. The van der Waals surface area contributed by atoms with Crippen molar-refractivity contribution < 1.29 is 0 Å². The molecule has 3 heteroatoms. The summed E-state index contributed by atoms with van der Waals surface area (Å²) in [5.41, 5.74) is 7.18. The Morgan fingerprint density at radius 2 is 1.52 bits per heavy atom. The van der Waals surface area contributed by atoms with Crippen LogP contribution in [0.15, 0.2) is 76.9 Å². The Labute approximate surface area is 135 Å². The van der Waals surface area contributed by atoms with Crippen molar-refractivity contribution in [3.8, 4) is 11.3 Å². The van der Waals surface area contributed by atoms with Crippen LogP contribution in [0.2, 0.25) is 0 Å². The summed E-state index contributed by atoms with van der Waals surface area (Å²) in [7, 11) is 0. The third-order valence-corrected chi connectivity index (χ3v) is 3.89.